The van der Waals surface area contributed by atoms with E-state index < -0.39 is 0 Å². The van der Waals surface area contributed by atoms with E-state index in [2.05, 4.69) is 205 Å². The van der Waals surface area contributed by atoms with Gasteiger partial charge in [-0.05, 0) is 129 Å². The first-order valence-electron chi connectivity index (χ1n) is 22.1. The first-order valence-corrected chi connectivity index (χ1v) is 22.9. The summed E-state index contributed by atoms with van der Waals surface area (Å²) in [4.78, 5) is 14.5. The second kappa shape index (κ2) is 13.8. The van der Waals surface area contributed by atoms with Crippen LogP contribution in [0.5, 0.6) is 0 Å². The first-order chi connectivity index (χ1) is 32.1. The summed E-state index contributed by atoms with van der Waals surface area (Å²) in [6.07, 6.45) is 0. The molecule has 10 aromatic carbocycles. The molecule has 4 aromatic heterocycles. The van der Waals surface area contributed by atoms with Gasteiger partial charge in [0.25, 0.3) is 5.56 Å². The van der Waals surface area contributed by atoms with Crippen LogP contribution in [-0.2, 0) is 0 Å². The van der Waals surface area contributed by atoms with E-state index >= 15 is 0 Å². The summed E-state index contributed by atoms with van der Waals surface area (Å²) in [7, 11) is 0. The molecule has 4 heterocycles. The molecule has 0 spiro atoms. The van der Waals surface area contributed by atoms with Crippen molar-refractivity contribution < 1.29 is 0 Å². The molecule has 4 heteroatoms. The molecular weight excluding hydrogens is 809 g/mol. The predicted octanol–water partition coefficient (Wildman–Crippen LogP) is 16.3. The highest BCUT2D eigenvalue weighted by molar-refractivity contribution is 7.26. The Morgan fingerprint density at radius 3 is 1.68 bits per heavy atom. The van der Waals surface area contributed by atoms with E-state index in [4.69, 9.17) is 0 Å². The molecule has 0 aliphatic rings. The van der Waals surface area contributed by atoms with Crippen LogP contribution in [0.2, 0.25) is 0 Å². The number of rotatable bonds is 5. The lowest BCUT2D eigenvalue weighted by atomic mass is 9.93. The molecule has 3 nitrogen and oxygen atoms in total. The van der Waals surface area contributed by atoms with Gasteiger partial charge in [0.1, 0.15) is 0 Å². The molecule has 0 atom stereocenters. The van der Waals surface area contributed by atoms with Gasteiger partial charge in [0.2, 0.25) is 0 Å². The van der Waals surface area contributed by atoms with Gasteiger partial charge < -0.3 is 4.57 Å². The molecule has 65 heavy (non-hydrogen) atoms. The van der Waals surface area contributed by atoms with Crippen LogP contribution in [0, 0.1) is 0 Å². The lowest BCUT2D eigenvalue weighted by Gasteiger charge is -2.12. The Labute approximate surface area is 377 Å². The van der Waals surface area contributed by atoms with Gasteiger partial charge in [-0.25, -0.2) is 0 Å². The Bertz CT molecular complexity index is 4310. The Kier molecular flexibility index (Phi) is 7.71. The van der Waals surface area contributed by atoms with Crippen LogP contribution in [0.15, 0.2) is 223 Å². The van der Waals surface area contributed by atoms with Crippen LogP contribution in [0.4, 0.5) is 0 Å². The van der Waals surface area contributed by atoms with Crippen molar-refractivity contribution in [2.24, 2.45) is 0 Å². The predicted molar refractivity (Wildman–Crippen MR) is 276 cm³/mol. The van der Waals surface area contributed by atoms with Crippen molar-refractivity contribution in [1.82, 2.24) is 8.97 Å². The van der Waals surface area contributed by atoms with Crippen LogP contribution in [-0.4, -0.2) is 8.97 Å². The van der Waals surface area contributed by atoms with Crippen LogP contribution < -0.4 is 5.56 Å². The van der Waals surface area contributed by atoms with Gasteiger partial charge in [-0.3, -0.25) is 9.20 Å². The second-order valence-corrected chi connectivity index (χ2v) is 18.3. The lowest BCUT2D eigenvalue weighted by Crippen LogP contribution is -2.12. The van der Waals surface area contributed by atoms with Crippen LogP contribution in [0.3, 0.4) is 0 Å². The molecule has 14 rings (SSSR count). The Morgan fingerprint density at radius 2 is 0.892 bits per heavy atom. The van der Waals surface area contributed by atoms with Gasteiger partial charge >= 0.3 is 0 Å². The van der Waals surface area contributed by atoms with E-state index in [-0.39, 0.29) is 5.56 Å². The number of aromatic nitrogens is 2. The standard InChI is InChI=1S/C61H36N2OS/c64-61-48-28-25-41(38-15-5-2-6-16-38)32-49(48)52-35-43(34-51-47-20-8-10-23-55(47)63(61)60(51)52)45-21-12-24-58-59(45)53-36-44(27-30-57(53)65-58)62-54-22-9-7-19-46(54)50-33-42(26-29-56(50)62)40-18-11-17-39(31-40)37-13-3-1-4-14-37/h1-36H. The Balaban J connectivity index is 0.982. The summed E-state index contributed by atoms with van der Waals surface area (Å²) in [6, 6.07) is 78.6. The normalized spacial score (nSPS) is 12.1. The van der Waals surface area contributed by atoms with Crippen LogP contribution in [0.1, 0.15) is 0 Å². The van der Waals surface area contributed by atoms with Crippen LogP contribution in [0.25, 0.3) is 130 Å². The quantitative estimate of drug-likeness (QED) is 0.159. The fraction of sp³-hybridized carbons (Fsp3) is 0. The van der Waals surface area contributed by atoms with Crippen molar-refractivity contribution in [3.05, 3.63) is 229 Å². The molecule has 0 bridgehead atoms. The molecule has 0 N–H and O–H groups in total. The Hall–Kier alpha value is -8.31. The highest BCUT2D eigenvalue weighted by Gasteiger charge is 2.21. The average Bonchev–Trinajstić information content (AvgIpc) is 4.03. The third kappa shape index (κ3) is 5.38. The number of para-hydroxylation sites is 2. The molecular formula is C61H36N2OS. The highest BCUT2D eigenvalue weighted by Crippen LogP contribution is 2.45. The maximum absolute atomic E-state index is 14.5. The highest BCUT2D eigenvalue weighted by atomic mass is 32.1. The largest absolute Gasteiger partial charge is 0.309 e. The average molecular weight is 845 g/mol. The van der Waals surface area contributed by atoms with Crippen molar-refractivity contribution >= 4 is 91.3 Å². The minimum atomic E-state index is 0.0167. The summed E-state index contributed by atoms with van der Waals surface area (Å²) >= 11 is 1.84. The Morgan fingerprint density at radius 1 is 0.323 bits per heavy atom. The van der Waals surface area contributed by atoms with Gasteiger partial charge in [0.15, 0.2) is 0 Å². The lowest BCUT2D eigenvalue weighted by molar-refractivity contribution is 1.19. The maximum Gasteiger partial charge on any atom is 0.263 e. The molecule has 0 saturated heterocycles. The van der Waals surface area contributed by atoms with Crippen molar-refractivity contribution in [3.63, 3.8) is 0 Å². The van der Waals surface area contributed by atoms with E-state index in [9.17, 15) is 4.79 Å². The molecule has 0 aliphatic carbocycles. The van der Waals surface area contributed by atoms with Crippen molar-refractivity contribution in [3.8, 4) is 50.2 Å². The fourth-order valence-corrected chi connectivity index (χ4v) is 11.8. The molecule has 0 radical (unpaired) electrons. The number of hydrogen-bond acceptors (Lipinski definition) is 2. The molecule has 0 saturated carbocycles. The first kappa shape index (κ1) is 36.2. The van der Waals surface area contributed by atoms with Gasteiger partial charge in [0.05, 0.1) is 22.1 Å². The SMILES string of the molecule is O=c1c2ccc(-c3ccccc3)cc2c2cc(-c3cccc4sc5ccc(-n6c7ccccc7c7cc(-c8cccc(-c9ccccc9)c8)ccc76)cc5c34)cc3c4ccccc4n1c23. The third-order valence-electron chi connectivity index (χ3n) is 13.6. The van der Waals surface area contributed by atoms with E-state index in [0.29, 0.717) is 0 Å². The van der Waals surface area contributed by atoms with Gasteiger partial charge in [-0.1, -0.05) is 140 Å². The smallest absolute Gasteiger partial charge is 0.263 e. The fourth-order valence-electron chi connectivity index (χ4n) is 10.7. The van der Waals surface area contributed by atoms with Crippen molar-refractivity contribution in [2.45, 2.75) is 0 Å². The van der Waals surface area contributed by atoms with Crippen molar-refractivity contribution in [2.75, 3.05) is 0 Å². The zero-order valence-electron chi connectivity index (χ0n) is 35.0. The number of hydrogen-bond donors (Lipinski definition) is 0. The minimum Gasteiger partial charge on any atom is -0.309 e. The maximum atomic E-state index is 14.5. The monoisotopic (exact) mass is 844 g/mol. The van der Waals surface area contributed by atoms with Crippen molar-refractivity contribution in [1.29, 1.82) is 0 Å². The summed E-state index contributed by atoms with van der Waals surface area (Å²) < 4.78 is 6.87. The zero-order valence-corrected chi connectivity index (χ0v) is 35.8. The molecule has 0 aliphatic heterocycles. The van der Waals surface area contributed by atoms with Gasteiger partial charge in [-0.2, -0.15) is 0 Å². The van der Waals surface area contributed by atoms with E-state index in [1.165, 1.54) is 69.8 Å². The number of thiophene rings is 1. The number of nitrogens with zero attached hydrogens (tertiary/aromatic N) is 2. The van der Waals surface area contributed by atoms with Gasteiger partial charge in [-0.15, -0.1) is 11.3 Å². The van der Waals surface area contributed by atoms with Gasteiger partial charge in [0, 0.05) is 58.2 Å². The minimum absolute atomic E-state index is 0.0167. The van der Waals surface area contributed by atoms with E-state index in [1.807, 2.05) is 33.9 Å². The second-order valence-electron chi connectivity index (χ2n) is 17.2. The summed E-state index contributed by atoms with van der Waals surface area (Å²) in [6.45, 7) is 0. The third-order valence-corrected chi connectivity index (χ3v) is 14.8. The molecule has 0 fully saturated rings. The van der Waals surface area contributed by atoms with E-state index in [1.54, 1.807) is 0 Å². The van der Waals surface area contributed by atoms with Crippen LogP contribution >= 0.6 is 11.3 Å². The molecule has 0 unspecified atom stereocenters. The summed E-state index contributed by atoms with van der Waals surface area (Å²) in [5, 5.41) is 9.89. The molecule has 14 aromatic rings. The number of fused-ring (bicyclic) bond motifs is 11. The summed E-state index contributed by atoms with van der Waals surface area (Å²) in [5.41, 5.74) is 14.8. The molecule has 0 amide bonds. The summed E-state index contributed by atoms with van der Waals surface area (Å²) in [5.74, 6) is 0. The number of pyridine rings is 1. The zero-order chi connectivity index (χ0) is 42.8. The number of benzene rings is 10. The molecule has 302 valence electrons. The van der Waals surface area contributed by atoms with E-state index in [0.717, 1.165) is 60.3 Å². The topological polar surface area (TPSA) is 26.4 Å².